The average Bonchev–Trinajstić information content (AvgIpc) is 2.59. The second-order valence-corrected chi connectivity index (χ2v) is 4.68. The number of amides is 1. The van der Waals surface area contributed by atoms with Crippen LogP contribution in [0.15, 0.2) is 36.0 Å². The van der Waals surface area contributed by atoms with Crippen molar-refractivity contribution in [3.05, 3.63) is 46.2 Å². The van der Waals surface area contributed by atoms with Gasteiger partial charge in [-0.25, -0.2) is 0 Å². The molecule has 0 bridgehead atoms. The van der Waals surface area contributed by atoms with Gasteiger partial charge < -0.3 is 20.1 Å². The van der Waals surface area contributed by atoms with Gasteiger partial charge in [-0.2, -0.15) is 5.26 Å². The van der Waals surface area contributed by atoms with Gasteiger partial charge in [-0.15, -0.1) is 0 Å². The van der Waals surface area contributed by atoms with Gasteiger partial charge in [-0.1, -0.05) is 0 Å². The van der Waals surface area contributed by atoms with E-state index in [0.717, 1.165) is 0 Å². The van der Waals surface area contributed by atoms with Crippen molar-refractivity contribution in [2.24, 2.45) is 0 Å². The first kappa shape index (κ1) is 20.1. The Labute approximate surface area is 145 Å². The van der Waals surface area contributed by atoms with Gasteiger partial charge in [0, 0.05) is 37.2 Å². The van der Waals surface area contributed by atoms with E-state index in [9.17, 15) is 14.9 Å². The largest absolute Gasteiger partial charge is 0.385 e. The van der Waals surface area contributed by atoms with Gasteiger partial charge in [0.05, 0.1) is 11.5 Å². The number of nitro benzene ring substituents is 1. The molecular weight excluding hydrogens is 328 g/mol. The summed E-state index contributed by atoms with van der Waals surface area (Å²) in [5.74, 6) is -0.631. The highest BCUT2D eigenvalue weighted by atomic mass is 16.7. The molecule has 0 spiro atoms. The zero-order valence-electron chi connectivity index (χ0n) is 14.0. The number of nitrogens with zero attached hydrogens (tertiary/aromatic N) is 2. The number of ether oxygens (including phenoxy) is 2. The zero-order chi connectivity index (χ0) is 18.7. The number of rotatable bonds is 10. The van der Waals surface area contributed by atoms with Crippen molar-refractivity contribution >= 4 is 17.3 Å². The second-order valence-electron chi connectivity index (χ2n) is 4.68. The quantitative estimate of drug-likeness (QED) is 0.217. The summed E-state index contributed by atoms with van der Waals surface area (Å²) in [6.45, 7) is 4.89. The van der Waals surface area contributed by atoms with E-state index in [-0.39, 0.29) is 17.8 Å². The number of hydrogen-bond donors (Lipinski definition) is 2. The smallest absolute Gasteiger partial charge is 0.269 e. The Hall–Kier alpha value is -2.96. The van der Waals surface area contributed by atoms with Crippen LogP contribution in [0.25, 0.3) is 0 Å². The first-order valence-electron chi connectivity index (χ1n) is 7.64. The lowest BCUT2D eigenvalue weighted by Gasteiger charge is -2.16. The molecule has 9 heteroatoms. The molecule has 0 aromatic heterocycles. The minimum atomic E-state index is -0.631. The van der Waals surface area contributed by atoms with E-state index >= 15 is 0 Å². The van der Waals surface area contributed by atoms with E-state index < -0.39 is 17.1 Å². The van der Waals surface area contributed by atoms with Gasteiger partial charge >= 0.3 is 0 Å². The van der Waals surface area contributed by atoms with E-state index in [1.54, 1.807) is 6.07 Å². The Morgan fingerprint density at radius 1 is 1.32 bits per heavy atom. The molecule has 0 radical (unpaired) electrons. The van der Waals surface area contributed by atoms with Crippen molar-refractivity contribution in [1.29, 1.82) is 5.26 Å². The molecule has 1 aromatic rings. The standard InChI is InChI=1S/C16H20N4O5/c1-3-24-15(25-4-2)11-18-10-12(9-17)16(21)19-13-5-7-14(8-6-13)20(22)23/h5-8,10,15,18H,3-4,11H2,1-2H3,(H,19,21)/b12-10-. The molecule has 0 fully saturated rings. The van der Waals surface area contributed by atoms with Crippen molar-refractivity contribution < 1.29 is 19.2 Å². The molecule has 1 rings (SSSR count). The van der Waals surface area contributed by atoms with Crippen LogP contribution in [0.4, 0.5) is 11.4 Å². The molecule has 9 nitrogen and oxygen atoms in total. The fraction of sp³-hybridized carbons (Fsp3) is 0.375. The maximum absolute atomic E-state index is 12.1. The second kappa shape index (κ2) is 10.7. The van der Waals surface area contributed by atoms with Crippen LogP contribution in [0.2, 0.25) is 0 Å². The SMILES string of the molecule is CCOC(CN/C=C(/C#N)C(=O)Nc1ccc([N+](=O)[O-])cc1)OCC. The summed E-state index contributed by atoms with van der Waals surface area (Å²) in [5, 5.41) is 25.0. The van der Waals surface area contributed by atoms with Crippen LogP contribution in [0.1, 0.15) is 13.8 Å². The molecule has 1 aromatic carbocycles. The highest BCUT2D eigenvalue weighted by Gasteiger charge is 2.12. The summed E-state index contributed by atoms with van der Waals surface area (Å²) in [4.78, 5) is 22.1. The molecule has 134 valence electrons. The lowest BCUT2D eigenvalue weighted by molar-refractivity contribution is -0.384. The molecule has 0 atom stereocenters. The number of nitrogens with one attached hydrogen (secondary N) is 2. The van der Waals surface area contributed by atoms with E-state index in [1.165, 1.54) is 30.5 Å². The van der Waals surface area contributed by atoms with Crippen LogP contribution in [0.5, 0.6) is 0 Å². The van der Waals surface area contributed by atoms with E-state index in [4.69, 9.17) is 14.7 Å². The highest BCUT2D eigenvalue weighted by Crippen LogP contribution is 2.15. The maximum Gasteiger partial charge on any atom is 0.269 e. The van der Waals surface area contributed by atoms with Gasteiger partial charge in [-0.05, 0) is 26.0 Å². The van der Waals surface area contributed by atoms with Crippen LogP contribution >= 0.6 is 0 Å². The van der Waals surface area contributed by atoms with Gasteiger partial charge in [0.25, 0.3) is 11.6 Å². The topological polar surface area (TPSA) is 127 Å². The predicted molar refractivity (Wildman–Crippen MR) is 90.5 cm³/mol. The molecular formula is C16H20N4O5. The summed E-state index contributed by atoms with van der Waals surface area (Å²) in [5.41, 5.74) is 0.108. The number of benzene rings is 1. The monoisotopic (exact) mass is 348 g/mol. The van der Waals surface area contributed by atoms with Gasteiger partial charge in [0.2, 0.25) is 0 Å². The van der Waals surface area contributed by atoms with Crippen LogP contribution in [-0.4, -0.2) is 36.9 Å². The Kier molecular flexibility index (Phi) is 8.63. The van der Waals surface area contributed by atoms with Crippen LogP contribution < -0.4 is 10.6 Å². The number of carbonyl (C=O) groups excluding carboxylic acids is 1. The number of hydrogen-bond acceptors (Lipinski definition) is 7. The third-order valence-corrected chi connectivity index (χ3v) is 2.94. The molecule has 25 heavy (non-hydrogen) atoms. The minimum Gasteiger partial charge on any atom is -0.385 e. The van der Waals surface area contributed by atoms with Crippen molar-refractivity contribution in [3.63, 3.8) is 0 Å². The first-order valence-corrected chi connectivity index (χ1v) is 7.64. The van der Waals surface area contributed by atoms with Crippen LogP contribution in [-0.2, 0) is 14.3 Å². The minimum absolute atomic E-state index is 0.0893. The summed E-state index contributed by atoms with van der Waals surface area (Å²) in [7, 11) is 0. The fourth-order valence-electron chi connectivity index (χ4n) is 1.81. The maximum atomic E-state index is 12.1. The van der Waals surface area contributed by atoms with E-state index in [1.807, 2.05) is 13.8 Å². The number of non-ortho nitro benzene ring substituents is 1. The molecule has 0 saturated carbocycles. The first-order chi connectivity index (χ1) is 12.0. The number of nitro groups is 1. The zero-order valence-corrected chi connectivity index (χ0v) is 14.0. The Balaban J connectivity index is 2.64. The van der Waals surface area contributed by atoms with E-state index in [0.29, 0.717) is 18.9 Å². The predicted octanol–water partition coefficient (Wildman–Crippen LogP) is 1.93. The lowest BCUT2D eigenvalue weighted by Crippen LogP contribution is -2.29. The summed E-state index contributed by atoms with van der Waals surface area (Å²) >= 11 is 0. The van der Waals surface area contributed by atoms with Crippen molar-refractivity contribution in [2.75, 3.05) is 25.1 Å². The van der Waals surface area contributed by atoms with Crippen molar-refractivity contribution in [3.8, 4) is 6.07 Å². The average molecular weight is 348 g/mol. The molecule has 0 saturated heterocycles. The van der Waals surface area contributed by atoms with E-state index in [2.05, 4.69) is 10.6 Å². The highest BCUT2D eigenvalue weighted by molar-refractivity contribution is 6.06. The Morgan fingerprint density at radius 3 is 2.40 bits per heavy atom. The number of nitriles is 1. The Morgan fingerprint density at radius 2 is 1.92 bits per heavy atom. The van der Waals surface area contributed by atoms with Gasteiger partial charge in [0.1, 0.15) is 11.6 Å². The fourth-order valence-corrected chi connectivity index (χ4v) is 1.81. The summed E-state index contributed by atoms with van der Waals surface area (Å²) < 4.78 is 10.7. The molecule has 0 unspecified atom stereocenters. The molecule has 2 N–H and O–H groups in total. The van der Waals surface area contributed by atoms with Crippen molar-refractivity contribution in [1.82, 2.24) is 5.32 Å². The third-order valence-electron chi connectivity index (χ3n) is 2.94. The molecule has 0 aliphatic carbocycles. The van der Waals surface area contributed by atoms with Crippen LogP contribution in [0, 0.1) is 21.4 Å². The summed E-state index contributed by atoms with van der Waals surface area (Å²) in [6, 6.07) is 7.09. The molecule has 1 amide bonds. The van der Waals surface area contributed by atoms with Gasteiger partial charge in [-0.3, -0.25) is 14.9 Å². The van der Waals surface area contributed by atoms with Gasteiger partial charge in [0.15, 0.2) is 6.29 Å². The summed E-state index contributed by atoms with van der Waals surface area (Å²) in [6.07, 6.45) is 0.787. The third kappa shape index (κ3) is 6.99. The molecule has 0 aliphatic heterocycles. The normalized spacial score (nSPS) is 11.0. The lowest BCUT2D eigenvalue weighted by atomic mass is 10.2. The Bertz CT molecular complexity index is 645. The van der Waals surface area contributed by atoms with Crippen molar-refractivity contribution in [2.45, 2.75) is 20.1 Å². The van der Waals surface area contributed by atoms with Crippen LogP contribution in [0.3, 0.4) is 0 Å². The molecule has 0 aliphatic rings. The number of anilines is 1. The molecule has 0 heterocycles. The number of carbonyl (C=O) groups is 1.